The molecule has 0 rings (SSSR count). The third-order valence-corrected chi connectivity index (χ3v) is 1.94. The van der Waals surface area contributed by atoms with Crippen LogP contribution in [0.5, 0.6) is 0 Å². The van der Waals surface area contributed by atoms with Gasteiger partial charge in [-0.05, 0) is 12.2 Å². The lowest BCUT2D eigenvalue weighted by molar-refractivity contribution is -0.153. The van der Waals surface area contributed by atoms with Gasteiger partial charge in [0.2, 0.25) is 0 Å². The minimum atomic E-state index is -1.32. The SMILES string of the molecule is C=CC(=O)N(C(=O)C=C)C(CS)C(=O)O. The summed E-state index contributed by atoms with van der Waals surface area (Å²) in [5, 5.41) is 8.77. The van der Waals surface area contributed by atoms with Crippen molar-refractivity contribution in [2.45, 2.75) is 6.04 Å². The lowest BCUT2D eigenvalue weighted by Gasteiger charge is -2.23. The van der Waals surface area contributed by atoms with E-state index in [1.807, 2.05) is 0 Å². The molecular formula is C9H11NO4S. The zero-order chi connectivity index (χ0) is 12.0. The van der Waals surface area contributed by atoms with E-state index < -0.39 is 23.8 Å². The topological polar surface area (TPSA) is 74.7 Å². The number of nitrogens with zero attached hydrogens (tertiary/aromatic N) is 1. The third kappa shape index (κ3) is 3.25. The highest BCUT2D eigenvalue weighted by Gasteiger charge is 2.30. The summed E-state index contributed by atoms with van der Waals surface area (Å²) in [6, 6.07) is -1.32. The predicted octanol–water partition coefficient (Wildman–Crippen LogP) is 0.0966. The number of imide groups is 1. The van der Waals surface area contributed by atoms with Gasteiger partial charge in [0.1, 0.15) is 6.04 Å². The Morgan fingerprint density at radius 1 is 1.27 bits per heavy atom. The van der Waals surface area contributed by atoms with Crippen molar-refractivity contribution in [1.82, 2.24) is 4.90 Å². The number of carboxylic acid groups (broad SMARTS) is 1. The number of amides is 2. The molecule has 0 aliphatic heterocycles. The Kier molecular flexibility index (Phi) is 5.40. The van der Waals surface area contributed by atoms with Crippen LogP contribution in [0.3, 0.4) is 0 Å². The smallest absolute Gasteiger partial charge is 0.327 e. The van der Waals surface area contributed by atoms with E-state index in [9.17, 15) is 14.4 Å². The largest absolute Gasteiger partial charge is 0.480 e. The molecule has 2 amide bonds. The summed E-state index contributed by atoms with van der Waals surface area (Å²) in [4.78, 5) is 33.8. The van der Waals surface area contributed by atoms with Gasteiger partial charge in [-0.3, -0.25) is 14.5 Å². The summed E-state index contributed by atoms with van der Waals surface area (Å²) in [6.45, 7) is 6.36. The van der Waals surface area contributed by atoms with Crippen molar-refractivity contribution < 1.29 is 19.5 Å². The number of aliphatic carboxylic acids is 1. The van der Waals surface area contributed by atoms with Crippen LogP contribution in [0.4, 0.5) is 0 Å². The zero-order valence-corrected chi connectivity index (χ0v) is 8.81. The van der Waals surface area contributed by atoms with Gasteiger partial charge in [0, 0.05) is 5.75 Å². The fraction of sp³-hybridized carbons (Fsp3) is 0.222. The van der Waals surface area contributed by atoms with Gasteiger partial charge in [-0.15, -0.1) is 0 Å². The molecule has 0 heterocycles. The van der Waals surface area contributed by atoms with Crippen LogP contribution in [-0.2, 0) is 14.4 Å². The van der Waals surface area contributed by atoms with Gasteiger partial charge in [0.25, 0.3) is 11.8 Å². The second-order valence-corrected chi connectivity index (χ2v) is 2.86. The van der Waals surface area contributed by atoms with E-state index in [1.54, 1.807) is 0 Å². The molecule has 1 atom stereocenters. The molecule has 0 aromatic carbocycles. The summed E-state index contributed by atoms with van der Waals surface area (Å²) in [7, 11) is 0. The molecule has 1 N–H and O–H groups in total. The quantitative estimate of drug-likeness (QED) is 0.518. The first-order chi connectivity index (χ1) is 6.99. The molecule has 0 aromatic heterocycles. The minimum absolute atomic E-state index is 0.172. The van der Waals surface area contributed by atoms with Crippen LogP contribution in [0.1, 0.15) is 0 Å². The molecular weight excluding hydrogens is 218 g/mol. The Labute approximate surface area is 92.5 Å². The van der Waals surface area contributed by atoms with E-state index in [2.05, 4.69) is 25.8 Å². The first kappa shape index (κ1) is 13.4. The number of thiol groups is 1. The maximum Gasteiger partial charge on any atom is 0.327 e. The van der Waals surface area contributed by atoms with E-state index in [0.717, 1.165) is 12.2 Å². The zero-order valence-electron chi connectivity index (χ0n) is 7.92. The molecule has 6 heteroatoms. The van der Waals surface area contributed by atoms with E-state index in [-0.39, 0.29) is 5.75 Å². The maximum absolute atomic E-state index is 11.3. The molecule has 1 unspecified atom stereocenters. The molecule has 0 radical (unpaired) electrons. The summed E-state index contributed by atoms with van der Waals surface area (Å²) in [5.41, 5.74) is 0. The van der Waals surface area contributed by atoms with Crippen LogP contribution in [0, 0.1) is 0 Å². The standard InChI is InChI=1S/C9H11NO4S/c1-3-7(11)10(8(12)4-2)6(5-15)9(13)14/h3-4,6,15H,1-2,5H2,(H,13,14). The van der Waals surface area contributed by atoms with Crippen molar-refractivity contribution >= 4 is 30.4 Å². The van der Waals surface area contributed by atoms with Crippen LogP contribution in [0.2, 0.25) is 0 Å². The van der Waals surface area contributed by atoms with Gasteiger partial charge in [-0.25, -0.2) is 4.79 Å². The molecule has 5 nitrogen and oxygen atoms in total. The third-order valence-electron chi connectivity index (χ3n) is 1.59. The number of carbonyl (C=O) groups excluding carboxylic acids is 2. The van der Waals surface area contributed by atoms with Gasteiger partial charge in [-0.2, -0.15) is 12.6 Å². The highest BCUT2D eigenvalue weighted by atomic mass is 32.1. The summed E-state index contributed by atoms with van der Waals surface area (Å²) in [6.07, 6.45) is 1.72. The lowest BCUT2D eigenvalue weighted by atomic mass is 10.2. The molecule has 82 valence electrons. The Bertz CT molecular complexity index is 293. The van der Waals surface area contributed by atoms with Crippen molar-refractivity contribution in [2.75, 3.05) is 5.75 Å². The van der Waals surface area contributed by atoms with Gasteiger partial charge in [-0.1, -0.05) is 13.2 Å². The van der Waals surface area contributed by atoms with E-state index in [1.165, 1.54) is 0 Å². The average molecular weight is 229 g/mol. The van der Waals surface area contributed by atoms with Crippen molar-refractivity contribution in [3.8, 4) is 0 Å². The molecule has 0 aromatic rings. The Morgan fingerprint density at radius 2 is 1.67 bits per heavy atom. The normalized spacial score (nSPS) is 11.3. The second-order valence-electron chi connectivity index (χ2n) is 2.49. The molecule has 0 saturated heterocycles. The van der Waals surface area contributed by atoms with Gasteiger partial charge in [0.15, 0.2) is 0 Å². The fourth-order valence-corrected chi connectivity index (χ4v) is 1.20. The highest BCUT2D eigenvalue weighted by molar-refractivity contribution is 7.80. The molecule has 0 aliphatic carbocycles. The number of carbonyl (C=O) groups is 3. The monoisotopic (exact) mass is 229 g/mol. The van der Waals surface area contributed by atoms with Crippen LogP contribution >= 0.6 is 12.6 Å². The summed E-state index contributed by atoms with van der Waals surface area (Å²) < 4.78 is 0. The number of rotatable bonds is 5. The van der Waals surface area contributed by atoms with Gasteiger partial charge in [0.05, 0.1) is 0 Å². The van der Waals surface area contributed by atoms with E-state index >= 15 is 0 Å². The highest BCUT2D eigenvalue weighted by Crippen LogP contribution is 2.05. The predicted molar refractivity (Wildman–Crippen MR) is 57.5 cm³/mol. The van der Waals surface area contributed by atoms with Crippen molar-refractivity contribution in [3.63, 3.8) is 0 Å². The van der Waals surface area contributed by atoms with Crippen molar-refractivity contribution in [2.24, 2.45) is 0 Å². The van der Waals surface area contributed by atoms with E-state index in [0.29, 0.717) is 4.90 Å². The summed E-state index contributed by atoms with van der Waals surface area (Å²) in [5.74, 6) is -3.06. The fourth-order valence-electron chi connectivity index (χ4n) is 0.883. The molecule has 15 heavy (non-hydrogen) atoms. The molecule has 0 aliphatic rings. The van der Waals surface area contributed by atoms with Crippen LogP contribution in [-0.4, -0.2) is 39.6 Å². The van der Waals surface area contributed by atoms with Crippen LogP contribution < -0.4 is 0 Å². The average Bonchev–Trinajstić information content (AvgIpc) is 2.23. The van der Waals surface area contributed by atoms with Crippen LogP contribution in [0.25, 0.3) is 0 Å². The summed E-state index contributed by atoms with van der Waals surface area (Å²) >= 11 is 3.77. The minimum Gasteiger partial charge on any atom is -0.480 e. The Hall–Kier alpha value is -1.56. The number of carboxylic acids is 1. The van der Waals surface area contributed by atoms with Gasteiger partial charge < -0.3 is 5.11 Å². The maximum atomic E-state index is 11.3. The van der Waals surface area contributed by atoms with Crippen molar-refractivity contribution in [3.05, 3.63) is 25.3 Å². The number of hydrogen-bond acceptors (Lipinski definition) is 4. The Balaban J connectivity index is 5.15. The lowest BCUT2D eigenvalue weighted by Crippen LogP contribution is -2.48. The van der Waals surface area contributed by atoms with Crippen LogP contribution in [0.15, 0.2) is 25.3 Å². The van der Waals surface area contributed by atoms with Gasteiger partial charge >= 0.3 is 5.97 Å². The van der Waals surface area contributed by atoms with E-state index in [4.69, 9.17) is 5.11 Å². The Morgan fingerprint density at radius 3 is 1.87 bits per heavy atom. The molecule has 0 saturated carbocycles. The molecule has 0 fully saturated rings. The second kappa shape index (κ2) is 6.02. The van der Waals surface area contributed by atoms with Crippen molar-refractivity contribution in [1.29, 1.82) is 0 Å². The number of hydrogen-bond donors (Lipinski definition) is 2. The first-order valence-corrected chi connectivity index (χ1v) is 4.58. The molecule has 0 spiro atoms. The first-order valence-electron chi connectivity index (χ1n) is 3.95. The molecule has 0 bridgehead atoms.